The van der Waals surface area contributed by atoms with Gasteiger partial charge in [-0.3, -0.25) is 4.84 Å². The Labute approximate surface area is 129 Å². The molecular formula is C17H19FN2O2. The summed E-state index contributed by atoms with van der Waals surface area (Å²) >= 11 is 0. The first-order valence-electron chi connectivity index (χ1n) is 6.91. The lowest BCUT2D eigenvalue weighted by Gasteiger charge is -2.30. The molecule has 0 unspecified atom stereocenters. The van der Waals surface area contributed by atoms with E-state index in [0.717, 1.165) is 5.56 Å². The van der Waals surface area contributed by atoms with Crippen molar-refractivity contribution in [2.75, 3.05) is 12.2 Å². The highest BCUT2D eigenvalue weighted by Gasteiger charge is 2.26. The normalized spacial score (nSPS) is 11.1. The Kier molecular flexibility index (Phi) is 4.78. The first-order chi connectivity index (χ1) is 10.4. The molecule has 5 heteroatoms. The van der Waals surface area contributed by atoms with Crippen molar-refractivity contribution < 1.29 is 14.0 Å². The standard InChI is InChI=1S/C17H19FN2O2/c1-17(2,13-9-11-14(18)12-10-13)19-16(21)20(22-3)15-7-5-4-6-8-15/h4-12H,1-3H3,(H,19,21). The Bertz CT molecular complexity index is 627. The number of urea groups is 1. The molecule has 0 fully saturated rings. The Hall–Kier alpha value is -2.40. The average Bonchev–Trinajstić information content (AvgIpc) is 2.49. The van der Waals surface area contributed by atoms with Gasteiger partial charge in [-0.05, 0) is 43.7 Å². The predicted octanol–water partition coefficient (Wildman–Crippen LogP) is 3.84. The smallest absolute Gasteiger partial charge is 0.327 e. The average molecular weight is 302 g/mol. The van der Waals surface area contributed by atoms with Crippen molar-refractivity contribution in [1.82, 2.24) is 5.32 Å². The lowest BCUT2D eigenvalue weighted by Crippen LogP contribution is -2.48. The van der Waals surface area contributed by atoms with Crippen molar-refractivity contribution >= 4 is 11.7 Å². The van der Waals surface area contributed by atoms with E-state index in [4.69, 9.17) is 4.84 Å². The summed E-state index contributed by atoms with van der Waals surface area (Å²) in [7, 11) is 1.43. The topological polar surface area (TPSA) is 41.6 Å². The van der Waals surface area contributed by atoms with Gasteiger partial charge in [0.2, 0.25) is 0 Å². The van der Waals surface area contributed by atoms with E-state index in [2.05, 4.69) is 5.32 Å². The molecule has 0 heterocycles. The lowest BCUT2D eigenvalue weighted by molar-refractivity contribution is 0.157. The highest BCUT2D eigenvalue weighted by molar-refractivity contribution is 5.90. The summed E-state index contributed by atoms with van der Waals surface area (Å²) in [6.45, 7) is 3.69. The summed E-state index contributed by atoms with van der Waals surface area (Å²) in [4.78, 5) is 17.6. The number of carbonyl (C=O) groups is 1. The number of nitrogens with one attached hydrogen (secondary N) is 1. The van der Waals surface area contributed by atoms with Crippen LogP contribution in [0.15, 0.2) is 54.6 Å². The lowest BCUT2D eigenvalue weighted by atomic mass is 9.94. The molecule has 0 atom stereocenters. The van der Waals surface area contributed by atoms with Gasteiger partial charge in [0.05, 0.1) is 18.3 Å². The minimum absolute atomic E-state index is 0.311. The van der Waals surface area contributed by atoms with Gasteiger partial charge in [0.25, 0.3) is 0 Å². The molecule has 0 aliphatic rings. The summed E-state index contributed by atoms with van der Waals surface area (Å²) in [5, 5.41) is 4.05. The van der Waals surface area contributed by atoms with E-state index in [9.17, 15) is 9.18 Å². The third-order valence-electron chi connectivity index (χ3n) is 3.34. The minimum Gasteiger partial charge on any atom is -0.327 e. The highest BCUT2D eigenvalue weighted by atomic mass is 19.1. The van der Waals surface area contributed by atoms with Crippen molar-refractivity contribution in [3.63, 3.8) is 0 Å². The van der Waals surface area contributed by atoms with E-state index in [1.807, 2.05) is 32.0 Å². The second-order valence-corrected chi connectivity index (χ2v) is 5.37. The van der Waals surface area contributed by atoms with Crippen LogP contribution in [0.4, 0.5) is 14.9 Å². The Morgan fingerprint density at radius 3 is 2.23 bits per heavy atom. The summed E-state index contributed by atoms with van der Waals surface area (Å²) in [6, 6.07) is 14.7. The number of carbonyl (C=O) groups excluding carboxylic acids is 1. The molecule has 0 saturated heterocycles. The van der Waals surface area contributed by atoms with Crippen LogP contribution < -0.4 is 10.4 Å². The van der Waals surface area contributed by atoms with E-state index in [1.165, 1.54) is 24.3 Å². The quantitative estimate of drug-likeness (QED) is 0.872. The van der Waals surface area contributed by atoms with Crippen LogP contribution in [-0.2, 0) is 10.4 Å². The largest absolute Gasteiger partial charge is 0.346 e. The third-order valence-corrected chi connectivity index (χ3v) is 3.34. The van der Waals surface area contributed by atoms with Gasteiger partial charge in [-0.25, -0.2) is 9.18 Å². The van der Waals surface area contributed by atoms with Gasteiger partial charge in [-0.1, -0.05) is 30.3 Å². The number of nitrogens with zero attached hydrogens (tertiary/aromatic N) is 1. The van der Waals surface area contributed by atoms with Crippen molar-refractivity contribution in [3.05, 3.63) is 66.0 Å². The van der Waals surface area contributed by atoms with Gasteiger partial charge in [0.1, 0.15) is 5.82 Å². The maximum Gasteiger partial charge on any atom is 0.346 e. The van der Waals surface area contributed by atoms with Crippen LogP contribution >= 0.6 is 0 Å². The van der Waals surface area contributed by atoms with Crippen LogP contribution in [-0.4, -0.2) is 13.1 Å². The molecule has 0 aliphatic heterocycles. The van der Waals surface area contributed by atoms with Gasteiger partial charge >= 0.3 is 6.03 Å². The SMILES string of the molecule is CON(C(=O)NC(C)(C)c1ccc(F)cc1)c1ccccc1. The van der Waals surface area contributed by atoms with Crippen molar-refractivity contribution in [2.45, 2.75) is 19.4 Å². The van der Waals surface area contributed by atoms with Gasteiger partial charge in [0.15, 0.2) is 0 Å². The molecule has 2 aromatic rings. The fourth-order valence-electron chi connectivity index (χ4n) is 2.13. The third kappa shape index (κ3) is 3.62. The predicted molar refractivity (Wildman–Crippen MR) is 83.9 cm³/mol. The molecule has 0 saturated carbocycles. The van der Waals surface area contributed by atoms with Crippen LogP contribution in [0.3, 0.4) is 0 Å². The number of halogens is 1. The maximum atomic E-state index is 13.0. The van der Waals surface area contributed by atoms with E-state index in [0.29, 0.717) is 5.69 Å². The van der Waals surface area contributed by atoms with Crippen molar-refractivity contribution in [3.8, 4) is 0 Å². The van der Waals surface area contributed by atoms with Crippen LogP contribution in [0.5, 0.6) is 0 Å². The number of rotatable bonds is 4. The Morgan fingerprint density at radius 2 is 1.68 bits per heavy atom. The molecule has 116 valence electrons. The summed E-state index contributed by atoms with van der Waals surface area (Å²) in [6.07, 6.45) is 0. The number of hydrogen-bond acceptors (Lipinski definition) is 2. The van der Waals surface area contributed by atoms with Gasteiger partial charge in [0, 0.05) is 0 Å². The first-order valence-corrected chi connectivity index (χ1v) is 6.91. The number of amides is 2. The van der Waals surface area contributed by atoms with Crippen LogP contribution in [0.2, 0.25) is 0 Å². The summed E-state index contributed by atoms with van der Waals surface area (Å²) < 4.78 is 13.0. The van der Waals surface area contributed by atoms with Crippen LogP contribution in [0, 0.1) is 5.82 Å². The number of hydroxylamine groups is 1. The number of hydrogen-bond donors (Lipinski definition) is 1. The van der Waals surface area contributed by atoms with Crippen LogP contribution in [0.25, 0.3) is 0 Å². The Balaban J connectivity index is 2.17. The second kappa shape index (κ2) is 6.58. The fraction of sp³-hybridized carbons (Fsp3) is 0.235. The molecule has 2 rings (SSSR count). The summed E-state index contributed by atoms with van der Waals surface area (Å²) in [5.41, 5.74) is 0.750. The number of para-hydroxylation sites is 1. The zero-order valence-electron chi connectivity index (χ0n) is 12.8. The minimum atomic E-state index is -0.670. The Morgan fingerprint density at radius 1 is 1.09 bits per heavy atom. The molecule has 22 heavy (non-hydrogen) atoms. The van der Waals surface area contributed by atoms with E-state index < -0.39 is 11.6 Å². The highest BCUT2D eigenvalue weighted by Crippen LogP contribution is 2.22. The zero-order chi connectivity index (χ0) is 16.2. The van der Waals surface area contributed by atoms with Gasteiger partial charge in [-0.2, -0.15) is 5.06 Å². The molecule has 2 amide bonds. The fourth-order valence-corrected chi connectivity index (χ4v) is 2.13. The molecular weight excluding hydrogens is 283 g/mol. The maximum absolute atomic E-state index is 13.0. The first kappa shape index (κ1) is 16.0. The molecule has 0 aromatic heterocycles. The van der Waals surface area contributed by atoms with E-state index in [-0.39, 0.29) is 5.82 Å². The van der Waals surface area contributed by atoms with Crippen LogP contribution in [0.1, 0.15) is 19.4 Å². The van der Waals surface area contributed by atoms with E-state index in [1.54, 1.807) is 24.3 Å². The van der Waals surface area contributed by atoms with Gasteiger partial charge in [-0.15, -0.1) is 0 Å². The number of anilines is 1. The molecule has 2 aromatic carbocycles. The molecule has 0 spiro atoms. The molecule has 1 N–H and O–H groups in total. The molecule has 0 radical (unpaired) electrons. The molecule has 4 nitrogen and oxygen atoms in total. The van der Waals surface area contributed by atoms with E-state index >= 15 is 0 Å². The summed E-state index contributed by atoms with van der Waals surface area (Å²) in [5.74, 6) is -0.311. The second-order valence-electron chi connectivity index (χ2n) is 5.37. The molecule has 0 aliphatic carbocycles. The van der Waals surface area contributed by atoms with Crippen molar-refractivity contribution in [1.29, 1.82) is 0 Å². The zero-order valence-corrected chi connectivity index (χ0v) is 12.8. The monoisotopic (exact) mass is 302 g/mol. The molecule has 0 bridgehead atoms. The number of benzene rings is 2. The van der Waals surface area contributed by atoms with Gasteiger partial charge < -0.3 is 5.32 Å². The van der Waals surface area contributed by atoms with Crippen molar-refractivity contribution in [2.24, 2.45) is 0 Å².